The van der Waals surface area contributed by atoms with Gasteiger partial charge in [0.05, 0.1) is 23.9 Å². The number of carbonyl (C=O) groups excluding carboxylic acids is 1. The van der Waals surface area contributed by atoms with Crippen LogP contribution in [-0.4, -0.2) is 18.7 Å². The number of anilines is 1. The third kappa shape index (κ3) is 1.64. The van der Waals surface area contributed by atoms with Crippen LogP contribution in [0.2, 0.25) is 0 Å². The van der Waals surface area contributed by atoms with Gasteiger partial charge < -0.3 is 4.74 Å². The van der Waals surface area contributed by atoms with Crippen LogP contribution in [0.3, 0.4) is 0 Å². The van der Waals surface area contributed by atoms with Crippen LogP contribution in [0.5, 0.6) is 5.75 Å². The predicted octanol–water partition coefficient (Wildman–Crippen LogP) is 2.73. The van der Waals surface area contributed by atoms with Crippen LogP contribution in [0.4, 0.5) is 10.1 Å². The molecule has 0 unspecified atom stereocenters. The number of hydrazone groups is 1. The highest BCUT2D eigenvalue weighted by Crippen LogP contribution is 2.48. The van der Waals surface area contributed by atoms with E-state index in [0.717, 1.165) is 25.0 Å². The molecular formula is C14H15FN2O2. The largest absolute Gasteiger partial charge is 0.497 e. The van der Waals surface area contributed by atoms with Crippen LogP contribution in [0.1, 0.15) is 26.2 Å². The maximum atomic E-state index is 13.5. The Hall–Kier alpha value is -1.91. The smallest absolute Gasteiger partial charge is 0.259 e. The molecule has 0 N–H and O–H groups in total. The summed E-state index contributed by atoms with van der Waals surface area (Å²) >= 11 is 0. The zero-order valence-electron chi connectivity index (χ0n) is 10.9. The number of halogens is 1. The molecule has 5 heteroatoms. The third-order valence-corrected chi connectivity index (χ3v) is 4.09. The fourth-order valence-electron chi connectivity index (χ4n) is 2.72. The van der Waals surface area contributed by atoms with Gasteiger partial charge in [-0.05, 0) is 25.8 Å². The fourth-order valence-corrected chi connectivity index (χ4v) is 2.72. The third-order valence-electron chi connectivity index (χ3n) is 4.09. The van der Waals surface area contributed by atoms with Crippen molar-refractivity contribution in [2.75, 3.05) is 12.1 Å². The highest BCUT2D eigenvalue weighted by Gasteiger charge is 2.53. The first-order valence-electron chi connectivity index (χ1n) is 6.32. The molecule has 4 nitrogen and oxygen atoms in total. The summed E-state index contributed by atoms with van der Waals surface area (Å²) in [6.45, 7) is 1.87. The number of rotatable bonds is 2. The molecule has 1 fully saturated rings. The summed E-state index contributed by atoms with van der Waals surface area (Å²) in [6, 6.07) is 4.20. The van der Waals surface area contributed by atoms with E-state index in [0.29, 0.717) is 11.4 Å². The molecule has 0 radical (unpaired) electrons. The lowest BCUT2D eigenvalue weighted by molar-refractivity contribution is -0.126. The van der Waals surface area contributed by atoms with Crippen molar-refractivity contribution in [3.05, 3.63) is 24.0 Å². The van der Waals surface area contributed by atoms with Gasteiger partial charge in [-0.1, -0.05) is 6.42 Å². The highest BCUT2D eigenvalue weighted by atomic mass is 19.1. The van der Waals surface area contributed by atoms with E-state index in [2.05, 4.69) is 5.10 Å². The number of nitrogens with zero attached hydrogens (tertiary/aromatic N) is 2. The lowest BCUT2D eigenvalue weighted by atomic mass is 9.66. The summed E-state index contributed by atoms with van der Waals surface area (Å²) in [5.41, 5.74) is 0.816. The van der Waals surface area contributed by atoms with Crippen molar-refractivity contribution in [1.82, 2.24) is 0 Å². The minimum Gasteiger partial charge on any atom is -0.497 e. The zero-order chi connectivity index (χ0) is 13.6. The number of ether oxygens (including phenoxy) is 1. The first-order valence-corrected chi connectivity index (χ1v) is 6.32. The van der Waals surface area contributed by atoms with Crippen LogP contribution in [-0.2, 0) is 4.79 Å². The normalized spacial score (nSPS) is 20.5. The Balaban J connectivity index is 2.00. The molecule has 1 heterocycles. The molecule has 2 aliphatic rings. The fraction of sp³-hybridized carbons (Fsp3) is 0.429. The topological polar surface area (TPSA) is 41.9 Å². The predicted molar refractivity (Wildman–Crippen MR) is 69.8 cm³/mol. The minimum absolute atomic E-state index is 0.0519. The van der Waals surface area contributed by atoms with Crippen LogP contribution in [0.25, 0.3) is 0 Å². The van der Waals surface area contributed by atoms with Gasteiger partial charge >= 0.3 is 0 Å². The molecule has 3 rings (SSSR count). The average molecular weight is 262 g/mol. The summed E-state index contributed by atoms with van der Waals surface area (Å²) in [5.74, 6) is -0.112. The van der Waals surface area contributed by atoms with Gasteiger partial charge in [-0.2, -0.15) is 10.1 Å². The van der Waals surface area contributed by atoms with Crippen molar-refractivity contribution in [3.63, 3.8) is 0 Å². The maximum absolute atomic E-state index is 13.5. The van der Waals surface area contributed by atoms with E-state index in [-0.39, 0.29) is 5.91 Å². The first kappa shape index (κ1) is 12.1. The van der Waals surface area contributed by atoms with Crippen LogP contribution in [0.15, 0.2) is 23.3 Å². The van der Waals surface area contributed by atoms with E-state index < -0.39 is 11.2 Å². The second-order valence-corrected chi connectivity index (χ2v) is 5.09. The van der Waals surface area contributed by atoms with Gasteiger partial charge in [0.15, 0.2) is 0 Å². The molecule has 0 bridgehead atoms. The quantitative estimate of drug-likeness (QED) is 0.822. The van der Waals surface area contributed by atoms with Crippen molar-refractivity contribution in [3.8, 4) is 5.75 Å². The Kier molecular flexibility index (Phi) is 2.59. The molecule has 1 amide bonds. The van der Waals surface area contributed by atoms with Gasteiger partial charge in [-0.15, -0.1) is 0 Å². The Morgan fingerprint density at radius 1 is 1.37 bits per heavy atom. The summed E-state index contributed by atoms with van der Waals surface area (Å²) < 4.78 is 18.5. The number of hydrogen-bond acceptors (Lipinski definition) is 3. The van der Waals surface area contributed by atoms with Crippen LogP contribution < -0.4 is 9.75 Å². The number of amides is 1. The van der Waals surface area contributed by atoms with Crippen molar-refractivity contribution < 1.29 is 13.9 Å². The summed E-state index contributed by atoms with van der Waals surface area (Å²) in [6.07, 6.45) is 2.72. The molecule has 0 atom stereocenters. The van der Waals surface area contributed by atoms with Crippen LogP contribution >= 0.6 is 0 Å². The lowest BCUT2D eigenvalue weighted by Gasteiger charge is -2.36. The maximum Gasteiger partial charge on any atom is 0.259 e. The highest BCUT2D eigenvalue weighted by molar-refractivity contribution is 6.19. The first-order chi connectivity index (χ1) is 9.06. The Morgan fingerprint density at radius 3 is 2.63 bits per heavy atom. The van der Waals surface area contributed by atoms with E-state index in [1.807, 2.05) is 6.92 Å². The number of methoxy groups -OCH3 is 1. The van der Waals surface area contributed by atoms with Crippen molar-refractivity contribution in [2.24, 2.45) is 10.5 Å². The summed E-state index contributed by atoms with van der Waals surface area (Å²) in [4.78, 5) is 12.5. The molecule has 1 aliphatic carbocycles. The van der Waals surface area contributed by atoms with Gasteiger partial charge in [0.1, 0.15) is 11.6 Å². The molecule has 1 saturated carbocycles. The van der Waals surface area contributed by atoms with Gasteiger partial charge in [0.2, 0.25) is 0 Å². The molecule has 100 valence electrons. The van der Waals surface area contributed by atoms with E-state index >= 15 is 0 Å². The molecule has 1 aromatic rings. The van der Waals surface area contributed by atoms with E-state index in [1.54, 1.807) is 6.07 Å². The zero-order valence-corrected chi connectivity index (χ0v) is 10.9. The minimum atomic E-state index is -0.440. The van der Waals surface area contributed by atoms with Gasteiger partial charge in [-0.25, -0.2) is 4.39 Å². The Labute approximate surface area is 110 Å². The SMILES string of the molecule is COc1cc(F)cc(N2N=C(C)C3(CCC3)C2=O)c1. The molecule has 0 saturated heterocycles. The van der Waals surface area contributed by atoms with Crippen molar-refractivity contribution in [1.29, 1.82) is 0 Å². The van der Waals surface area contributed by atoms with Crippen molar-refractivity contribution in [2.45, 2.75) is 26.2 Å². The molecule has 1 aliphatic heterocycles. The van der Waals surface area contributed by atoms with Gasteiger partial charge in [-0.3, -0.25) is 4.79 Å². The summed E-state index contributed by atoms with van der Waals surface area (Å²) in [5, 5.41) is 5.62. The lowest BCUT2D eigenvalue weighted by Crippen LogP contribution is -2.44. The number of benzene rings is 1. The monoisotopic (exact) mass is 262 g/mol. The molecular weight excluding hydrogens is 247 g/mol. The summed E-state index contributed by atoms with van der Waals surface area (Å²) in [7, 11) is 1.46. The van der Waals surface area contributed by atoms with E-state index in [1.165, 1.54) is 24.3 Å². The van der Waals surface area contributed by atoms with Crippen LogP contribution in [0, 0.1) is 11.2 Å². The second kappa shape index (κ2) is 4.05. The number of hydrogen-bond donors (Lipinski definition) is 0. The van der Waals surface area contributed by atoms with Gasteiger partial charge in [0, 0.05) is 12.1 Å². The molecule has 19 heavy (non-hydrogen) atoms. The van der Waals surface area contributed by atoms with E-state index in [4.69, 9.17) is 4.74 Å². The second-order valence-electron chi connectivity index (χ2n) is 5.09. The Morgan fingerprint density at radius 2 is 2.11 bits per heavy atom. The van der Waals surface area contributed by atoms with E-state index in [9.17, 15) is 9.18 Å². The molecule has 1 aromatic carbocycles. The molecule has 0 aromatic heterocycles. The molecule has 1 spiro atoms. The van der Waals surface area contributed by atoms with Gasteiger partial charge in [0.25, 0.3) is 5.91 Å². The average Bonchev–Trinajstić information content (AvgIpc) is 2.60. The Bertz CT molecular complexity index is 579. The number of carbonyl (C=O) groups is 1. The van der Waals surface area contributed by atoms with Crippen molar-refractivity contribution >= 4 is 17.3 Å². The standard InChI is InChI=1S/C14H15FN2O2/c1-9-14(4-3-5-14)13(18)17(16-9)11-6-10(15)7-12(8-11)19-2/h6-8H,3-5H2,1-2H3.